The van der Waals surface area contributed by atoms with Gasteiger partial charge in [-0.3, -0.25) is 4.79 Å². The summed E-state index contributed by atoms with van der Waals surface area (Å²) in [5, 5.41) is 12.0. The number of hydrogen-bond donors (Lipinski definition) is 1. The van der Waals surface area contributed by atoms with Gasteiger partial charge in [-0.25, -0.2) is 0 Å². The number of carbonyl (C=O) groups excluding carboxylic acids is 1. The smallest absolute Gasteiger partial charge is 0.358 e. The molecular formula is C7H6F2N4O3. The van der Waals surface area contributed by atoms with Crippen LogP contribution in [0, 0.1) is 10.1 Å². The van der Waals surface area contributed by atoms with Crippen LogP contribution in [0.2, 0.25) is 0 Å². The molecule has 0 fully saturated rings. The molecular weight excluding hydrogens is 226 g/mol. The lowest BCUT2D eigenvalue weighted by molar-refractivity contribution is -0.389. The minimum absolute atomic E-state index is 0.244. The molecule has 1 aromatic rings. The quantitative estimate of drug-likeness (QED) is 0.609. The topological polar surface area (TPSA) is 90.1 Å². The predicted octanol–water partition coefficient (Wildman–Crippen LogP) is 0.645. The summed E-state index contributed by atoms with van der Waals surface area (Å²) in [4.78, 5) is 23.9. The molecule has 16 heavy (non-hydrogen) atoms. The van der Waals surface area contributed by atoms with Crippen molar-refractivity contribution in [1.82, 2.24) is 14.9 Å². The molecule has 0 aromatic carbocycles. The third kappa shape index (κ3) is 3.44. The molecule has 1 N–H and O–H groups in total. The van der Waals surface area contributed by atoms with Gasteiger partial charge in [0.25, 0.3) is 6.08 Å². The maximum Gasteiger partial charge on any atom is 0.381 e. The molecule has 0 spiro atoms. The van der Waals surface area contributed by atoms with Crippen LogP contribution in [0.15, 0.2) is 24.8 Å². The van der Waals surface area contributed by atoms with Crippen molar-refractivity contribution < 1.29 is 18.5 Å². The average molecular weight is 232 g/mol. The van der Waals surface area contributed by atoms with Crippen molar-refractivity contribution in [3.63, 3.8) is 0 Å². The van der Waals surface area contributed by atoms with E-state index in [1.165, 1.54) is 0 Å². The Balaban J connectivity index is 2.56. The average Bonchev–Trinajstić information content (AvgIpc) is 2.63. The summed E-state index contributed by atoms with van der Waals surface area (Å²) in [7, 11) is 0. The zero-order chi connectivity index (χ0) is 12.1. The van der Waals surface area contributed by atoms with E-state index in [0.29, 0.717) is 0 Å². The Morgan fingerprint density at radius 2 is 2.38 bits per heavy atom. The van der Waals surface area contributed by atoms with Crippen LogP contribution in [0.4, 0.5) is 14.6 Å². The molecule has 0 saturated carbocycles. The molecule has 0 saturated heterocycles. The van der Waals surface area contributed by atoms with Crippen molar-refractivity contribution in [1.29, 1.82) is 0 Å². The number of aromatic nitrogens is 2. The monoisotopic (exact) mass is 232 g/mol. The van der Waals surface area contributed by atoms with Gasteiger partial charge in [0.1, 0.15) is 12.7 Å². The van der Waals surface area contributed by atoms with E-state index >= 15 is 0 Å². The van der Waals surface area contributed by atoms with Gasteiger partial charge in [0.05, 0.1) is 6.20 Å². The van der Waals surface area contributed by atoms with Crippen LogP contribution in [-0.4, -0.2) is 20.4 Å². The number of nitrogens with one attached hydrogen (secondary N) is 1. The second-order valence-electron chi connectivity index (χ2n) is 2.66. The number of rotatable bonds is 4. The van der Waals surface area contributed by atoms with Crippen molar-refractivity contribution in [2.24, 2.45) is 0 Å². The molecule has 0 unspecified atom stereocenters. The number of imidazole rings is 1. The summed E-state index contributed by atoms with van der Waals surface area (Å²) >= 11 is 0. The second-order valence-corrected chi connectivity index (χ2v) is 2.66. The predicted molar refractivity (Wildman–Crippen MR) is 47.3 cm³/mol. The first kappa shape index (κ1) is 11.8. The third-order valence-corrected chi connectivity index (χ3v) is 1.48. The summed E-state index contributed by atoms with van der Waals surface area (Å²) in [5.74, 6) is -1.15. The SMILES string of the molecule is O=C(Cn1cnc([N+](=O)[O-])c1)NC=C(F)F. The summed E-state index contributed by atoms with van der Waals surface area (Å²) in [6, 6.07) is 0. The standard InChI is InChI=1S/C7H6F2N4O3/c8-5(9)1-10-7(14)3-12-2-6(11-4-12)13(15)16/h1-2,4H,3H2,(H,10,14). The van der Waals surface area contributed by atoms with Gasteiger partial charge in [-0.05, 0) is 9.91 Å². The fourth-order valence-corrected chi connectivity index (χ4v) is 0.876. The minimum Gasteiger partial charge on any atom is -0.358 e. The number of hydrogen-bond acceptors (Lipinski definition) is 4. The molecule has 0 radical (unpaired) electrons. The largest absolute Gasteiger partial charge is 0.381 e. The highest BCUT2D eigenvalue weighted by atomic mass is 19.3. The zero-order valence-electron chi connectivity index (χ0n) is 7.76. The van der Waals surface area contributed by atoms with Crippen molar-refractivity contribution in [2.75, 3.05) is 0 Å². The number of nitrogens with zero attached hydrogens (tertiary/aromatic N) is 3. The normalized spacial score (nSPS) is 9.62. The molecule has 7 nitrogen and oxygen atoms in total. The molecule has 9 heteroatoms. The molecule has 1 rings (SSSR count). The van der Waals surface area contributed by atoms with Gasteiger partial charge in [-0.2, -0.15) is 8.78 Å². The number of nitro groups is 1. The molecule has 1 aromatic heterocycles. The fraction of sp³-hybridized carbons (Fsp3) is 0.143. The van der Waals surface area contributed by atoms with Gasteiger partial charge >= 0.3 is 5.82 Å². The van der Waals surface area contributed by atoms with Gasteiger partial charge in [-0.15, -0.1) is 0 Å². The molecule has 0 atom stereocenters. The maximum absolute atomic E-state index is 11.6. The van der Waals surface area contributed by atoms with Gasteiger partial charge in [-0.1, -0.05) is 0 Å². The van der Waals surface area contributed by atoms with Gasteiger partial charge in [0.2, 0.25) is 12.2 Å². The van der Waals surface area contributed by atoms with Crippen LogP contribution in [-0.2, 0) is 11.3 Å². The number of carbonyl (C=O) groups is 1. The van der Waals surface area contributed by atoms with E-state index in [1.54, 1.807) is 5.32 Å². The van der Waals surface area contributed by atoms with Crippen molar-refractivity contribution >= 4 is 11.7 Å². The van der Waals surface area contributed by atoms with Crippen LogP contribution < -0.4 is 5.32 Å². The third-order valence-electron chi connectivity index (χ3n) is 1.48. The van der Waals surface area contributed by atoms with E-state index in [-0.39, 0.29) is 12.7 Å². The van der Waals surface area contributed by atoms with Gasteiger partial charge in [0.15, 0.2) is 0 Å². The Bertz CT molecular complexity index is 439. The van der Waals surface area contributed by atoms with Crippen LogP contribution in [0.5, 0.6) is 0 Å². The minimum atomic E-state index is -2.04. The maximum atomic E-state index is 11.6. The summed E-state index contributed by atoms with van der Waals surface area (Å²) in [6.07, 6.45) is 0.292. The first-order valence-corrected chi connectivity index (χ1v) is 3.95. The van der Waals surface area contributed by atoms with Gasteiger partial charge in [0, 0.05) is 0 Å². The Kier molecular flexibility index (Phi) is 3.64. The summed E-state index contributed by atoms with van der Waals surface area (Å²) in [5.41, 5.74) is 0. The molecule has 0 aliphatic heterocycles. The van der Waals surface area contributed by atoms with E-state index < -0.39 is 22.7 Å². The zero-order valence-corrected chi connectivity index (χ0v) is 7.76. The van der Waals surface area contributed by atoms with Crippen LogP contribution in [0.1, 0.15) is 0 Å². The first-order chi connectivity index (χ1) is 7.49. The van der Waals surface area contributed by atoms with Crippen molar-refractivity contribution in [2.45, 2.75) is 6.54 Å². The van der Waals surface area contributed by atoms with E-state index in [2.05, 4.69) is 4.98 Å². The lowest BCUT2D eigenvalue weighted by Crippen LogP contribution is -2.22. The highest BCUT2D eigenvalue weighted by Gasteiger charge is 2.11. The Labute approximate surface area is 87.5 Å². The van der Waals surface area contributed by atoms with Crippen LogP contribution >= 0.6 is 0 Å². The van der Waals surface area contributed by atoms with E-state index in [0.717, 1.165) is 17.1 Å². The molecule has 0 bridgehead atoms. The Hall–Kier alpha value is -2.32. The van der Waals surface area contributed by atoms with Crippen LogP contribution in [0.3, 0.4) is 0 Å². The summed E-state index contributed by atoms with van der Waals surface area (Å²) < 4.78 is 24.3. The molecule has 1 heterocycles. The van der Waals surface area contributed by atoms with Crippen molar-refractivity contribution in [3.8, 4) is 0 Å². The van der Waals surface area contributed by atoms with Gasteiger partial charge < -0.3 is 20.0 Å². The molecule has 86 valence electrons. The van der Waals surface area contributed by atoms with E-state index in [1.807, 2.05) is 0 Å². The molecule has 1 amide bonds. The Morgan fingerprint density at radius 1 is 1.69 bits per heavy atom. The lowest BCUT2D eigenvalue weighted by atomic mass is 10.5. The van der Waals surface area contributed by atoms with Crippen molar-refractivity contribution in [3.05, 3.63) is 34.9 Å². The fourth-order valence-electron chi connectivity index (χ4n) is 0.876. The first-order valence-electron chi connectivity index (χ1n) is 3.95. The van der Waals surface area contributed by atoms with E-state index in [4.69, 9.17) is 0 Å². The lowest BCUT2D eigenvalue weighted by Gasteiger charge is -1.98. The number of amides is 1. The summed E-state index contributed by atoms with van der Waals surface area (Å²) in [6.45, 7) is -0.329. The molecule has 0 aliphatic rings. The highest BCUT2D eigenvalue weighted by Crippen LogP contribution is 2.05. The second kappa shape index (κ2) is 4.96. The highest BCUT2D eigenvalue weighted by molar-refractivity contribution is 5.76. The van der Waals surface area contributed by atoms with E-state index in [9.17, 15) is 23.7 Å². The number of halogens is 2. The Morgan fingerprint density at radius 3 is 2.88 bits per heavy atom. The molecule has 0 aliphatic carbocycles. The van der Waals surface area contributed by atoms with Crippen LogP contribution in [0.25, 0.3) is 0 Å².